The minimum atomic E-state index is -0.969. The molecule has 0 unspecified atom stereocenters. The van der Waals surface area contributed by atoms with Crippen molar-refractivity contribution in [3.63, 3.8) is 0 Å². The van der Waals surface area contributed by atoms with Gasteiger partial charge in [0, 0.05) is 6.20 Å². The van der Waals surface area contributed by atoms with Crippen LogP contribution in [0.4, 0.5) is 4.39 Å². The Bertz CT molecular complexity index is 1070. The third-order valence-corrected chi connectivity index (χ3v) is 5.11. The molecule has 0 fully saturated rings. The van der Waals surface area contributed by atoms with E-state index in [9.17, 15) is 4.79 Å². The van der Waals surface area contributed by atoms with Crippen molar-refractivity contribution < 1.29 is 9.18 Å². The van der Waals surface area contributed by atoms with E-state index in [1.54, 1.807) is 10.8 Å². The number of benzene rings is 3. The number of aromatic nitrogens is 2. The normalized spacial score (nSPS) is 11.7. The molecule has 1 aromatic heterocycles. The Morgan fingerprint density at radius 1 is 0.833 bits per heavy atom. The third-order valence-electron chi connectivity index (χ3n) is 5.11. The van der Waals surface area contributed by atoms with Crippen molar-refractivity contribution in [2.45, 2.75) is 12.5 Å². The number of hydrogen-bond donors (Lipinski definition) is 0. The first-order valence-corrected chi connectivity index (χ1v) is 9.73. The summed E-state index contributed by atoms with van der Waals surface area (Å²) < 4.78 is 17.0. The summed E-state index contributed by atoms with van der Waals surface area (Å²) in [4.78, 5) is 15.4. The number of carbonyl (C=O) groups excluding carboxylic acids is 1. The largest absolute Gasteiger partial charge is 0.295 e. The molecule has 0 bridgehead atoms. The molecule has 0 saturated carbocycles. The fraction of sp³-hybridized carbons (Fsp3) is 0.0769. The third kappa shape index (κ3) is 3.48. The van der Waals surface area contributed by atoms with Crippen LogP contribution in [0.5, 0.6) is 0 Å². The lowest BCUT2D eigenvalue weighted by molar-refractivity contribution is -0.112. The molecule has 3 aromatic carbocycles. The van der Waals surface area contributed by atoms with E-state index < -0.39 is 11.6 Å². The average molecular weight is 396 g/mol. The van der Waals surface area contributed by atoms with Gasteiger partial charge in [-0.15, -0.1) is 0 Å². The molecule has 3 nitrogen and oxygen atoms in total. The summed E-state index contributed by atoms with van der Waals surface area (Å²) in [5, 5.41) is 0. The van der Waals surface area contributed by atoms with E-state index in [0.717, 1.165) is 16.7 Å². The highest BCUT2D eigenvalue weighted by molar-refractivity contribution is 5.91. The Hall–Kier alpha value is -3.79. The molecule has 0 aliphatic rings. The number of nitrogens with zero attached hydrogens (tertiary/aromatic N) is 2. The van der Waals surface area contributed by atoms with Crippen molar-refractivity contribution in [3.05, 3.63) is 132 Å². The van der Waals surface area contributed by atoms with Crippen molar-refractivity contribution in [1.29, 1.82) is 0 Å². The topological polar surface area (TPSA) is 34.9 Å². The summed E-state index contributed by atoms with van der Waals surface area (Å²) in [5.74, 6) is -0.120. The number of hydrogen-bond acceptors (Lipinski definition) is 2. The maximum atomic E-state index is 15.4. The summed E-state index contributed by atoms with van der Waals surface area (Å²) in [6.45, 7) is 1.45. The van der Waals surface area contributed by atoms with Crippen LogP contribution in [-0.4, -0.2) is 15.3 Å². The molecular weight excluding hydrogens is 375 g/mol. The van der Waals surface area contributed by atoms with Gasteiger partial charge < -0.3 is 0 Å². The van der Waals surface area contributed by atoms with E-state index >= 15 is 4.39 Å². The highest BCUT2D eigenvalue weighted by atomic mass is 19.1. The molecule has 4 heteroatoms. The second-order valence-electron chi connectivity index (χ2n) is 7.06. The molecule has 0 radical (unpaired) electrons. The van der Waals surface area contributed by atoms with Crippen molar-refractivity contribution >= 4 is 11.9 Å². The van der Waals surface area contributed by atoms with Gasteiger partial charge in [-0.3, -0.25) is 9.36 Å². The number of allylic oxidation sites excluding steroid dienone is 1. The second-order valence-corrected chi connectivity index (χ2v) is 7.06. The predicted molar refractivity (Wildman–Crippen MR) is 117 cm³/mol. The van der Waals surface area contributed by atoms with Crippen LogP contribution in [0, 0.1) is 6.08 Å². The Balaban J connectivity index is 2.08. The molecule has 4 rings (SSSR count). The molecule has 1 heterocycles. The Labute approximate surface area is 175 Å². The average Bonchev–Trinajstić information content (AvgIpc) is 3.16. The van der Waals surface area contributed by atoms with E-state index in [0.29, 0.717) is 5.69 Å². The Kier molecular flexibility index (Phi) is 5.40. The van der Waals surface area contributed by atoms with Gasteiger partial charge in [0.05, 0.1) is 5.69 Å². The fourth-order valence-electron chi connectivity index (χ4n) is 3.85. The van der Waals surface area contributed by atoms with Gasteiger partial charge in [0.25, 0.3) is 6.08 Å². The SMILES string of the molecule is CC(=O)/C=C/c1cn(C(c2ccccc2)(c2ccccc2)c2ccccc2)c(F)n1. The molecule has 0 aliphatic carbocycles. The van der Waals surface area contributed by atoms with E-state index in [-0.39, 0.29) is 5.78 Å². The van der Waals surface area contributed by atoms with Crippen LogP contribution in [0.1, 0.15) is 29.3 Å². The lowest BCUT2D eigenvalue weighted by Crippen LogP contribution is -2.38. The van der Waals surface area contributed by atoms with E-state index in [1.165, 1.54) is 19.1 Å². The summed E-state index contributed by atoms with van der Waals surface area (Å²) >= 11 is 0. The summed E-state index contributed by atoms with van der Waals surface area (Å²) in [6.07, 6.45) is 3.95. The summed E-state index contributed by atoms with van der Waals surface area (Å²) in [6, 6.07) is 29.4. The highest BCUT2D eigenvalue weighted by Gasteiger charge is 2.40. The maximum Gasteiger partial charge on any atom is 0.291 e. The molecule has 4 aromatic rings. The zero-order valence-corrected chi connectivity index (χ0v) is 16.6. The summed E-state index contributed by atoms with van der Waals surface area (Å²) in [7, 11) is 0. The molecule has 0 atom stereocenters. The van der Waals surface area contributed by atoms with Crippen molar-refractivity contribution in [1.82, 2.24) is 9.55 Å². The van der Waals surface area contributed by atoms with Crippen LogP contribution in [0.2, 0.25) is 0 Å². The molecule has 0 saturated heterocycles. The number of imidazole rings is 1. The highest BCUT2D eigenvalue weighted by Crippen LogP contribution is 2.41. The van der Waals surface area contributed by atoms with Crippen LogP contribution in [-0.2, 0) is 10.3 Å². The van der Waals surface area contributed by atoms with Gasteiger partial charge in [0.2, 0.25) is 0 Å². The molecule has 30 heavy (non-hydrogen) atoms. The van der Waals surface area contributed by atoms with Crippen molar-refractivity contribution in [3.8, 4) is 0 Å². The lowest BCUT2D eigenvalue weighted by Gasteiger charge is -2.37. The monoisotopic (exact) mass is 396 g/mol. The zero-order valence-electron chi connectivity index (χ0n) is 16.6. The lowest BCUT2D eigenvalue weighted by atomic mass is 9.76. The van der Waals surface area contributed by atoms with Gasteiger partial charge in [-0.1, -0.05) is 91.0 Å². The van der Waals surface area contributed by atoms with Crippen LogP contribution in [0.15, 0.2) is 103 Å². The number of rotatable bonds is 6. The molecule has 0 aliphatic heterocycles. The molecular formula is C26H21FN2O. The van der Waals surface area contributed by atoms with Crippen LogP contribution in [0.25, 0.3) is 6.08 Å². The quantitative estimate of drug-likeness (QED) is 0.320. The van der Waals surface area contributed by atoms with Crippen molar-refractivity contribution in [2.24, 2.45) is 0 Å². The second kappa shape index (κ2) is 8.29. The molecule has 0 amide bonds. The van der Waals surface area contributed by atoms with Gasteiger partial charge in [0.15, 0.2) is 5.78 Å². The zero-order chi connectivity index (χ0) is 21.0. The van der Waals surface area contributed by atoms with E-state index in [1.807, 2.05) is 91.0 Å². The first-order valence-electron chi connectivity index (χ1n) is 9.73. The minimum Gasteiger partial charge on any atom is -0.295 e. The minimum absolute atomic E-state index is 0.120. The number of halogens is 1. The first-order chi connectivity index (χ1) is 14.6. The Morgan fingerprint density at radius 2 is 1.27 bits per heavy atom. The van der Waals surface area contributed by atoms with Gasteiger partial charge in [0.1, 0.15) is 5.54 Å². The summed E-state index contributed by atoms with van der Waals surface area (Å²) in [5.41, 5.74) is 2.13. The molecule has 0 spiro atoms. The van der Waals surface area contributed by atoms with Gasteiger partial charge in [-0.05, 0) is 35.8 Å². The number of carbonyl (C=O) groups is 1. The van der Waals surface area contributed by atoms with Crippen LogP contribution < -0.4 is 0 Å². The van der Waals surface area contributed by atoms with E-state index in [2.05, 4.69) is 4.98 Å². The van der Waals surface area contributed by atoms with Crippen molar-refractivity contribution in [2.75, 3.05) is 0 Å². The van der Waals surface area contributed by atoms with Gasteiger partial charge >= 0.3 is 0 Å². The van der Waals surface area contributed by atoms with Crippen LogP contribution >= 0.6 is 0 Å². The van der Waals surface area contributed by atoms with Gasteiger partial charge in [-0.2, -0.15) is 4.39 Å². The standard InChI is InChI=1S/C26H21FN2O/c1-20(30)17-18-24-19-29(25(27)28-24)26(21-11-5-2-6-12-21,22-13-7-3-8-14-22)23-15-9-4-10-16-23/h2-19H,1H3/b18-17+. The smallest absolute Gasteiger partial charge is 0.291 e. The predicted octanol–water partition coefficient (Wildman–Crippen LogP) is 5.46. The molecule has 148 valence electrons. The first kappa shape index (κ1) is 19.5. The van der Waals surface area contributed by atoms with Crippen LogP contribution in [0.3, 0.4) is 0 Å². The maximum absolute atomic E-state index is 15.4. The molecule has 0 N–H and O–H groups in total. The van der Waals surface area contributed by atoms with E-state index in [4.69, 9.17) is 0 Å². The fourth-order valence-corrected chi connectivity index (χ4v) is 3.85. The Morgan fingerprint density at radius 3 is 1.67 bits per heavy atom. The van der Waals surface area contributed by atoms with Gasteiger partial charge in [-0.25, -0.2) is 4.98 Å². The number of ketones is 1.